The number of esters is 1. The van der Waals surface area contributed by atoms with Crippen molar-refractivity contribution in [3.05, 3.63) is 40.7 Å². The summed E-state index contributed by atoms with van der Waals surface area (Å²) in [5.41, 5.74) is 1.23. The number of carbonyl (C=O) groups is 1. The summed E-state index contributed by atoms with van der Waals surface area (Å²) in [4.78, 5) is 15.7. The number of nitrogens with zero attached hydrogens (tertiary/aromatic N) is 3. The second kappa shape index (κ2) is 4.64. The minimum Gasteiger partial charge on any atom is -0.463 e. The monoisotopic (exact) mass is 291 g/mol. The number of aromatic nitrogens is 3. The number of halogens is 1. The van der Waals surface area contributed by atoms with Crippen LogP contribution in [0.25, 0.3) is 17.2 Å². The summed E-state index contributed by atoms with van der Waals surface area (Å²) in [5, 5.41) is 4.85. The zero-order chi connectivity index (χ0) is 14.3. The Bertz CT molecular complexity index is 806. The van der Waals surface area contributed by atoms with Gasteiger partial charge < -0.3 is 9.15 Å². The van der Waals surface area contributed by atoms with Crippen LogP contribution in [0.15, 0.2) is 28.7 Å². The molecule has 3 aromatic rings. The van der Waals surface area contributed by atoms with Crippen LogP contribution in [0, 0.1) is 6.92 Å². The molecule has 2 aromatic heterocycles. The molecule has 0 amide bonds. The van der Waals surface area contributed by atoms with Crippen molar-refractivity contribution in [2.45, 2.75) is 6.92 Å². The first-order chi connectivity index (χ1) is 9.61. The van der Waals surface area contributed by atoms with E-state index in [4.69, 9.17) is 16.0 Å². The topological polar surface area (TPSA) is 69.6 Å². The third kappa shape index (κ3) is 1.85. The van der Waals surface area contributed by atoms with Gasteiger partial charge >= 0.3 is 11.8 Å². The number of methoxy groups -OCH3 is 1. The highest BCUT2D eigenvalue weighted by atomic mass is 35.5. The van der Waals surface area contributed by atoms with E-state index in [9.17, 15) is 4.79 Å². The molecular formula is C13H10ClN3O3. The number of rotatable bonds is 2. The molecule has 0 N–H and O–H groups in total. The summed E-state index contributed by atoms with van der Waals surface area (Å²) in [6.45, 7) is 1.70. The van der Waals surface area contributed by atoms with Crippen molar-refractivity contribution < 1.29 is 13.9 Å². The van der Waals surface area contributed by atoms with Crippen molar-refractivity contribution in [3.8, 4) is 11.4 Å². The van der Waals surface area contributed by atoms with Gasteiger partial charge in [-0.15, -0.1) is 5.10 Å². The largest absolute Gasteiger partial charge is 0.463 e. The molecule has 0 aliphatic heterocycles. The van der Waals surface area contributed by atoms with Crippen molar-refractivity contribution >= 4 is 23.4 Å². The lowest BCUT2D eigenvalue weighted by Gasteiger charge is -1.97. The third-order valence-electron chi connectivity index (χ3n) is 2.90. The Morgan fingerprint density at radius 1 is 1.40 bits per heavy atom. The molecule has 0 aliphatic rings. The van der Waals surface area contributed by atoms with Crippen LogP contribution in [-0.2, 0) is 4.74 Å². The van der Waals surface area contributed by atoms with Gasteiger partial charge in [-0.2, -0.15) is 9.50 Å². The molecule has 7 heteroatoms. The van der Waals surface area contributed by atoms with Gasteiger partial charge in [0.25, 0.3) is 0 Å². The molecule has 0 unspecified atom stereocenters. The van der Waals surface area contributed by atoms with Gasteiger partial charge in [0.1, 0.15) is 0 Å². The second-order valence-corrected chi connectivity index (χ2v) is 4.53. The van der Waals surface area contributed by atoms with Gasteiger partial charge in [-0.05, 0) is 19.1 Å². The number of fused-ring (bicyclic) bond motifs is 1. The highest BCUT2D eigenvalue weighted by molar-refractivity contribution is 6.33. The van der Waals surface area contributed by atoms with Crippen molar-refractivity contribution in [1.29, 1.82) is 0 Å². The molecule has 0 saturated heterocycles. The Morgan fingerprint density at radius 3 is 2.80 bits per heavy atom. The summed E-state index contributed by atoms with van der Waals surface area (Å²) in [7, 11) is 1.29. The van der Waals surface area contributed by atoms with E-state index >= 15 is 0 Å². The fourth-order valence-electron chi connectivity index (χ4n) is 1.88. The lowest BCUT2D eigenvalue weighted by Crippen LogP contribution is -2.02. The Morgan fingerprint density at radius 2 is 2.15 bits per heavy atom. The predicted molar refractivity (Wildman–Crippen MR) is 71.8 cm³/mol. The summed E-state index contributed by atoms with van der Waals surface area (Å²) in [6, 6.07) is 7.24. The molecule has 102 valence electrons. The maximum atomic E-state index is 11.5. The first-order valence-electron chi connectivity index (χ1n) is 5.81. The van der Waals surface area contributed by atoms with Crippen LogP contribution in [0.2, 0.25) is 5.02 Å². The Kier molecular flexibility index (Phi) is 2.94. The average Bonchev–Trinajstić information content (AvgIpc) is 2.99. The van der Waals surface area contributed by atoms with Crippen LogP contribution < -0.4 is 0 Å². The molecule has 0 radical (unpaired) electrons. The molecule has 0 spiro atoms. The molecular weight excluding hydrogens is 282 g/mol. The van der Waals surface area contributed by atoms with Crippen LogP contribution >= 0.6 is 11.6 Å². The third-order valence-corrected chi connectivity index (χ3v) is 3.23. The quantitative estimate of drug-likeness (QED) is 0.679. The van der Waals surface area contributed by atoms with Crippen LogP contribution in [0.5, 0.6) is 0 Å². The molecule has 2 heterocycles. The molecule has 0 fully saturated rings. The molecule has 0 aliphatic carbocycles. The zero-order valence-electron chi connectivity index (χ0n) is 10.8. The summed E-state index contributed by atoms with van der Waals surface area (Å²) in [5.74, 6) is 0.189. The first kappa shape index (κ1) is 12.7. The number of ether oxygens (including phenoxy) is 1. The lowest BCUT2D eigenvalue weighted by atomic mass is 10.2. The summed E-state index contributed by atoms with van der Waals surface area (Å²) >= 11 is 6.10. The van der Waals surface area contributed by atoms with Crippen molar-refractivity contribution in [2.75, 3.05) is 7.11 Å². The number of aryl methyl sites for hydroxylation is 1. The fraction of sp³-hybridized carbons (Fsp3) is 0.154. The minimum atomic E-state index is -0.561. The maximum Gasteiger partial charge on any atom is 0.376 e. The normalized spacial score (nSPS) is 10.9. The van der Waals surface area contributed by atoms with E-state index in [0.29, 0.717) is 22.1 Å². The summed E-state index contributed by atoms with van der Waals surface area (Å²) < 4.78 is 11.4. The summed E-state index contributed by atoms with van der Waals surface area (Å²) in [6.07, 6.45) is 0. The number of benzene rings is 1. The highest BCUT2D eigenvalue weighted by Gasteiger charge is 2.22. The lowest BCUT2D eigenvalue weighted by molar-refractivity contribution is 0.0566. The smallest absolute Gasteiger partial charge is 0.376 e. The molecule has 20 heavy (non-hydrogen) atoms. The standard InChI is InChI=1S/C13H10ClN3O3/c1-7-10(12(18)19-2)20-13-15-11(16-17(7)13)8-5-3-4-6-9(8)14/h3-6H,1-2H3. The van der Waals surface area contributed by atoms with E-state index in [1.807, 2.05) is 18.2 Å². The van der Waals surface area contributed by atoms with Crippen LogP contribution in [0.4, 0.5) is 0 Å². The van der Waals surface area contributed by atoms with Gasteiger partial charge in [0.2, 0.25) is 5.76 Å². The van der Waals surface area contributed by atoms with Crippen LogP contribution in [0.1, 0.15) is 16.2 Å². The zero-order valence-corrected chi connectivity index (χ0v) is 11.5. The molecule has 0 saturated carbocycles. The highest BCUT2D eigenvalue weighted by Crippen LogP contribution is 2.26. The number of hydrogen-bond donors (Lipinski definition) is 0. The van der Waals surface area contributed by atoms with E-state index in [0.717, 1.165) is 0 Å². The van der Waals surface area contributed by atoms with E-state index in [1.54, 1.807) is 13.0 Å². The first-order valence-corrected chi connectivity index (χ1v) is 6.19. The Balaban J connectivity index is 2.14. The van der Waals surface area contributed by atoms with Crippen molar-refractivity contribution in [3.63, 3.8) is 0 Å². The van der Waals surface area contributed by atoms with E-state index in [2.05, 4.69) is 14.8 Å². The average molecular weight is 292 g/mol. The van der Waals surface area contributed by atoms with Gasteiger partial charge in [-0.3, -0.25) is 0 Å². The van der Waals surface area contributed by atoms with Crippen LogP contribution in [0.3, 0.4) is 0 Å². The van der Waals surface area contributed by atoms with Crippen LogP contribution in [-0.4, -0.2) is 27.7 Å². The molecule has 6 nitrogen and oxygen atoms in total. The van der Waals surface area contributed by atoms with Gasteiger partial charge in [0.15, 0.2) is 5.82 Å². The van der Waals surface area contributed by atoms with Gasteiger partial charge in [-0.1, -0.05) is 23.7 Å². The van der Waals surface area contributed by atoms with E-state index < -0.39 is 5.97 Å². The number of carbonyl (C=O) groups excluding carboxylic acids is 1. The molecule has 1 aromatic carbocycles. The molecule has 0 atom stereocenters. The molecule has 0 bridgehead atoms. The van der Waals surface area contributed by atoms with E-state index in [-0.39, 0.29) is 11.6 Å². The SMILES string of the molecule is COC(=O)c1oc2nc(-c3ccccc3Cl)nn2c1C. The number of hydrogen-bond acceptors (Lipinski definition) is 5. The van der Waals surface area contributed by atoms with Gasteiger partial charge in [0.05, 0.1) is 17.8 Å². The van der Waals surface area contributed by atoms with Gasteiger partial charge in [0, 0.05) is 5.56 Å². The fourth-order valence-corrected chi connectivity index (χ4v) is 2.10. The van der Waals surface area contributed by atoms with Crippen molar-refractivity contribution in [2.24, 2.45) is 0 Å². The Hall–Kier alpha value is -2.34. The van der Waals surface area contributed by atoms with Crippen molar-refractivity contribution in [1.82, 2.24) is 14.6 Å². The predicted octanol–water partition coefficient (Wildman–Crippen LogP) is 2.74. The second-order valence-electron chi connectivity index (χ2n) is 4.12. The van der Waals surface area contributed by atoms with E-state index in [1.165, 1.54) is 11.6 Å². The van der Waals surface area contributed by atoms with Gasteiger partial charge in [-0.25, -0.2) is 4.79 Å². The minimum absolute atomic E-state index is 0.0909. The maximum absolute atomic E-state index is 11.5. The number of oxazole rings is 1. The molecule has 3 rings (SSSR count). The Labute approximate surface area is 118 Å².